The van der Waals surface area contributed by atoms with Gasteiger partial charge in [0.15, 0.2) is 0 Å². The van der Waals surface area contributed by atoms with Gasteiger partial charge in [0.05, 0.1) is 5.56 Å². The fraction of sp³-hybridized carbons (Fsp3) is 0.500. The number of allylic oxidation sites excluding steroid dienone is 1. The largest absolute Gasteiger partial charge is 0.416 e. The number of halogens is 4. The molecule has 1 N–H and O–H groups in total. The molecule has 6 heteroatoms. The topological polar surface area (TPSA) is 24.9 Å². The first kappa shape index (κ1) is 15.2. The Kier molecular flexibility index (Phi) is 4.91. The molecule has 0 fully saturated rings. The number of rotatable bonds is 4. The van der Waals surface area contributed by atoms with Crippen LogP contribution >= 0.6 is 11.6 Å². The summed E-state index contributed by atoms with van der Waals surface area (Å²) in [4.78, 5) is 3.86. The van der Waals surface area contributed by atoms with E-state index in [0.717, 1.165) is 31.4 Å². The number of anilines is 1. The normalized spacial score (nSPS) is 15.9. The lowest BCUT2D eigenvalue weighted by atomic mass is 9.97. The van der Waals surface area contributed by atoms with Gasteiger partial charge in [-0.2, -0.15) is 13.2 Å². The van der Waals surface area contributed by atoms with Crippen LogP contribution in [0.5, 0.6) is 0 Å². The van der Waals surface area contributed by atoms with Crippen molar-refractivity contribution in [2.75, 3.05) is 11.9 Å². The summed E-state index contributed by atoms with van der Waals surface area (Å²) in [5, 5.41) is 2.76. The molecule has 1 aromatic heterocycles. The molecular formula is C14H16ClF3N2. The SMILES string of the molecule is FC(F)(F)c1cc(Cl)nc(NCCC2=CCCCC2)c1. The third kappa shape index (κ3) is 4.40. The summed E-state index contributed by atoms with van der Waals surface area (Å²) in [6, 6.07) is 1.82. The standard InChI is InChI=1S/C14H16ClF3N2/c15-12-8-11(14(16,17)18)9-13(20-12)19-7-6-10-4-2-1-3-5-10/h4,8-9H,1-3,5-7H2,(H,19,20). The number of hydrogen-bond donors (Lipinski definition) is 1. The molecule has 2 nitrogen and oxygen atoms in total. The Morgan fingerprint density at radius 3 is 2.70 bits per heavy atom. The summed E-state index contributed by atoms with van der Waals surface area (Å²) in [6.07, 6.45) is 3.24. The maximum absolute atomic E-state index is 12.6. The molecule has 0 unspecified atom stereocenters. The minimum Gasteiger partial charge on any atom is -0.370 e. The van der Waals surface area contributed by atoms with Gasteiger partial charge in [0.25, 0.3) is 0 Å². The molecule has 0 radical (unpaired) electrons. The number of nitrogens with one attached hydrogen (secondary N) is 1. The van der Waals surface area contributed by atoms with Gasteiger partial charge in [0.1, 0.15) is 11.0 Å². The first-order chi connectivity index (χ1) is 9.45. The molecule has 0 aromatic carbocycles. The highest BCUT2D eigenvalue weighted by Gasteiger charge is 2.31. The summed E-state index contributed by atoms with van der Waals surface area (Å²) in [5.74, 6) is 0.168. The van der Waals surface area contributed by atoms with E-state index in [-0.39, 0.29) is 11.0 Å². The lowest BCUT2D eigenvalue weighted by Crippen LogP contribution is -2.09. The van der Waals surface area contributed by atoms with E-state index in [0.29, 0.717) is 6.54 Å². The van der Waals surface area contributed by atoms with Crippen molar-refractivity contribution in [2.45, 2.75) is 38.3 Å². The van der Waals surface area contributed by atoms with Gasteiger partial charge in [-0.3, -0.25) is 0 Å². The smallest absolute Gasteiger partial charge is 0.370 e. The highest BCUT2D eigenvalue weighted by molar-refractivity contribution is 6.29. The second-order valence-electron chi connectivity index (χ2n) is 4.85. The van der Waals surface area contributed by atoms with Crippen molar-refractivity contribution in [1.82, 2.24) is 4.98 Å². The number of nitrogens with zero attached hydrogens (tertiary/aromatic N) is 1. The zero-order valence-electron chi connectivity index (χ0n) is 10.9. The fourth-order valence-electron chi connectivity index (χ4n) is 2.23. The van der Waals surface area contributed by atoms with E-state index < -0.39 is 11.7 Å². The molecule has 0 saturated carbocycles. The van der Waals surface area contributed by atoms with Crippen molar-refractivity contribution in [2.24, 2.45) is 0 Å². The summed E-state index contributed by atoms with van der Waals surface area (Å²) in [7, 11) is 0. The summed E-state index contributed by atoms with van der Waals surface area (Å²) < 4.78 is 37.9. The predicted octanol–water partition coefficient (Wildman–Crippen LogP) is 5.06. The van der Waals surface area contributed by atoms with E-state index in [1.807, 2.05) is 0 Å². The number of aromatic nitrogens is 1. The molecule has 110 valence electrons. The summed E-state index contributed by atoms with van der Waals surface area (Å²) >= 11 is 5.62. The first-order valence-corrected chi connectivity index (χ1v) is 6.99. The number of alkyl halides is 3. The van der Waals surface area contributed by atoms with E-state index in [2.05, 4.69) is 16.4 Å². The van der Waals surface area contributed by atoms with E-state index >= 15 is 0 Å². The molecule has 1 aliphatic carbocycles. The Morgan fingerprint density at radius 2 is 2.05 bits per heavy atom. The van der Waals surface area contributed by atoms with Crippen LogP contribution in [-0.2, 0) is 6.18 Å². The Balaban J connectivity index is 1.95. The van der Waals surface area contributed by atoms with Crippen molar-refractivity contribution in [3.63, 3.8) is 0 Å². The Morgan fingerprint density at radius 1 is 1.25 bits per heavy atom. The second kappa shape index (κ2) is 6.48. The number of pyridine rings is 1. The van der Waals surface area contributed by atoms with Crippen LogP contribution in [0.2, 0.25) is 5.15 Å². The van der Waals surface area contributed by atoms with Crippen LogP contribution < -0.4 is 5.32 Å². The third-order valence-corrected chi connectivity index (χ3v) is 3.45. The van der Waals surface area contributed by atoms with Gasteiger partial charge in [-0.25, -0.2) is 4.98 Å². The van der Waals surface area contributed by atoms with Crippen molar-refractivity contribution in [3.8, 4) is 0 Å². The summed E-state index contributed by atoms with van der Waals surface area (Å²) in [6.45, 7) is 0.566. The highest BCUT2D eigenvalue weighted by atomic mass is 35.5. The van der Waals surface area contributed by atoms with Crippen LogP contribution in [0.15, 0.2) is 23.8 Å². The maximum Gasteiger partial charge on any atom is 0.416 e. The van der Waals surface area contributed by atoms with E-state index in [4.69, 9.17) is 11.6 Å². The molecule has 1 aliphatic rings. The van der Waals surface area contributed by atoms with Crippen molar-refractivity contribution >= 4 is 17.4 Å². The lowest BCUT2D eigenvalue weighted by Gasteiger charge is -2.14. The lowest BCUT2D eigenvalue weighted by molar-refractivity contribution is -0.137. The van der Waals surface area contributed by atoms with Crippen LogP contribution in [0, 0.1) is 0 Å². The minimum atomic E-state index is -4.41. The molecule has 0 amide bonds. The van der Waals surface area contributed by atoms with Gasteiger partial charge >= 0.3 is 6.18 Å². The Bertz CT molecular complexity index is 498. The van der Waals surface area contributed by atoms with Crippen LogP contribution in [0.1, 0.15) is 37.7 Å². The molecule has 0 bridgehead atoms. The molecule has 2 rings (SSSR count). The average Bonchev–Trinajstić information content (AvgIpc) is 2.38. The molecule has 0 spiro atoms. The zero-order chi connectivity index (χ0) is 14.6. The maximum atomic E-state index is 12.6. The van der Waals surface area contributed by atoms with Gasteiger partial charge in [0, 0.05) is 6.54 Å². The predicted molar refractivity (Wildman–Crippen MR) is 73.9 cm³/mol. The average molecular weight is 305 g/mol. The molecule has 1 heterocycles. The molecule has 20 heavy (non-hydrogen) atoms. The van der Waals surface area contributed by atoms with Crippen molar-refractivity contribution < 1.29 is 13.2 Å². The first-order valence-electron chi connectivity index (χ1n) is 6.62. The van der Waals surface area contributed by atoms with E-state index in [1.54, 1.807) is 0 Å². The van der Waals surface area contributed by atoms with Crippen LogP contribution in [0.25, 0.3) is 0 Å². The van der Waals surface area contributed by atoms with Gasteiger partial charge in [-0.1, -0.05) is 23.3 Å². The van der Waals surface area contributed by atoms with Gasteiger partial charge in [-0.15, -0.1) is 0 Å². The Labute approximate surface area is 121 Å². The fourth-order valence-corrected chi connectivity index (χ4v) is 2.44. The van der Waals surface area contributed by atoms with Crippen LogP contribution in [0.3, 0.4) is 0 Å². The monoisotopic (exact) mass is 304 g/mol. The molecular weight excluding hydrogens is 289 g/mol. The van der Waals surface area contributed by atoms with Gasteiger partial charge in [-0.05, 0) is 44.2 Å². The molecule has 0 aliphatic heterocycles. The minimum absolute atomic E-state index is 0.154. The van der Waals surface area contributed by atoms with Crippen LogP contribution in [-0.4, -0.2) is 11.5 Å². The third-order valence-electron chi connectivity index (χ3n) is 3.26. The highest BCUT2D eigenvalue weighted by Crippen LogP contribution is 2.32. The van der Waals surface area contributed by atoms with Crippen molar-refractivity contribution in [1.29, 1.82) is 0 Å². The zero-order valence-corrected chi connectivity index (χ0v) is 11.7. The molecule has 0 atom stereocenters. The number of hydrogen-bond acceptors (Lipinski definition) is 2. The molecule has 0 saturated heterocycles. The molecule has 1 aromatic rings. The van der Waals surface area contributed by atoms with Gasteiger partial charge < -0.3 is 5.32 Å². The van der Waals surface area contributed by atoms with E-state index in [9.17, 15) is 13.2 Å². The van der Waals surface area contributed by atoms with Crippen molar-refractivity contribution in [3.05, 3.63) is 34.5 Å². The van der Waals surface area contributed by atoms with E-state index in [1.165, 1.54) is 18.4 Å². The quantitative estimate of drug-likeness (QED) is 0.621. The van der Waals surface area contributed by atoms with Crippen LogP contribution in [0.4, 0.5) is 19.0 Å². The Hall–Kier alpha value is -1.23. The second-order valence-corrected chi connectivity index (χ2v) is 5.23. The summed E-state index contributed by atoms with van der Waals surface area (Å²) in [5.41, 5.74) is 0.582. The van der Waals surface area contributed by atoms with Gasteiger partial charge in [0.2, 0.25) is 0 Å².